The summed E-state index contributed by atoms with van der Waals surface area (Å²) in [6.07, 6.45) is 0.220. The summed E-state index contributed by atoms with van der Waals surface area (Å²) in [5, 5.41) is 3.56. The van der Waals surface area contributed by atoms with Crippen molar-refractivity contribution < 1.29 is 22.7 Å². The number of carbonyl (C=O) groups is 2. The molecule has 4 aromatic rings. The molecule has 1 N–H and O–H groups in total. The van der Waals surface area contributed by atoms with E-state index in [4.69, 9.17) is 16.3 Å². The molecule has 0 aliphatic heterocycles. The summed E-state index contributed by atoms with van der Waals surface area (Å²) in [5.74, 6) is -0.393. The minimum Gasteiger partial charge on any atom is -0.497 e. The Morgan fingerprint density at radius 2 is 1.46 bits per heavy atom. The molecule has 4 aromatic carbocycles. The van der Waals surface area contributed by atoms with E-state index in [1.54, 1.807) is 60.7 Å². The second kappa shape index (κ2) is 14.8. The summed E-state index contributed by atoms with van der Waals surface area (Å²) >= 11 is 6.15. The SMILES string of the molecule is COc1ccc(S(=O)(=O)N(CC(=O)N(Cc2ccc(Cl)cc2)[C@@H](Cc2ccccc2)C(=O)NC(C)(C)C)c2ccc(C)cc2)cc1. The summed E-state index contributed by atoms with van der Waals surface area (Å²) < 4.78 is 34.7. The van der Waals surface area contributed by atoms with E-state index in [2.05, 4.69) is 5.32 Å². The largest absolute Gasteiger partial charge is 0.497 e. The third kappa shape index (κ3) is 9.11. The molecule has 0 radical (unpaired) electrons. The Balaban J connectivity index is 1.81. The average Bonchev–Trinajstić information content (AvgIpc) is 3.02. The lowest BCUT2D eigenvalue weighted by Crippen LogP contribution is -2.56. The molecule has 0 aromatic heterocycles. The molecular formula is C36H40ClN3O5S. The molecule has 0 heterocycles. The van der Waals surface area contributed by atoms with E-state index >= 15 is 0 Å². The van der Waals surface area contributed by atoms with Crippen LogP contribution in [0.1, 0.15) is 37.5 Å². The molecule has 0 spiro atoms. The maximum absolute atomic E-state index is 14.5. The van der Waals surface area contributed by atoms with Crippen LogP contribution in [-0.2, 0) is 32.6 Å². The van der Waals surface area contributed by atoms with Gasteiger partial charge >= 0.3 is 0 Å². The molecule has 0 bridgehead atoms. The van der Waals surface area contributed by atoms with E-state index in [0.29, 0.717) is 16.5 Å². The maximum atomic E-state index is 14.5. The Kier molecular flexibility index (Phi) is 11.1. The zero-order valence-corrected chi connectivity index (χ0v) is 28.3. The summed E-state index contributed by atoms with van der Waals surface area (Å²) in [4.78, 5) is 30.0. The Hall–Kier alpha value is -4.34. The number of anilines is 1. The minimum absolute atomic E-state index is 0.00256. The van der Waals surface area contributed by atoms with Gasteiger partial charge in [-0.25, -0.2) is 8.42 Å². The van der Waals surface area contributed by atoms with Crippen LogP contribution in [0.15, 0.2) is 108 Å². The Labute approximate surface area is 277 Å². The molecule has 0 aliphatic rings. The molecule has 0 saturated heterocycles. The number of hydrogen-bond acceptors (Lipinski definition) is 5. The van der Waals surface area contributed by atoms with Crippen LogP contribution in [0.2, 0.25) is 5.02 Å². The normalized spacial score (nSPS) is 12.2. The van der Waals surface area contributed by atoms with Crippen LogP contribution >= 0.6 is 11.6 Å². The van der Waals surface area contributed by atoms with Crippen LogP contribution in [0, 0.1) is 6.92 Å². The van der Waals surface area contributed by atoms with Crippen LogP contribution in [-0.4, -0.2) is 50.4 Å². The van der Waals surface area contributed by atoms with Crippen molar-refractivity contribution in [3.63, 3.8) is 0 Å². The number of nitrogens with zero attached hydrogens (tertiary/aromatic N) is 2. The Morgan fingerprint density at radius 1 is 0.848 bits per heavy atom. The molecule has 1 atom stereocenters. The molecule has 0 saturated carbocycles. The van der Waals surface area contributed by atoms with Crippen LogP contribution in [0.3, 0.4) is 0 Å². The van der Waals surface area contributed by atoms with Gasteiger partial charge < -0.3 is 15.0 Å². The first-order valence-corrected chi connectivity index (χ1v) is 16.7. The van der Waals surface area contributed by atoms with Gasteiger partial charge in [0, 0.05) is 23.5 Å². The summed E-state index contributed by atoms with van der Waals surface area (Å²) in [6, 6.07) is 28.4. The van der Waals surface area contributed by atoms with Gasteiger partial charge in [-0.05, 0) is 87.4 Å². The van der Waals surface area contributed by atoms with Gasteiger partial charge in [0.05, 0.1) is 17.7 Å². The number of rotatable bonds is 12. The minimum atomic E-state index is -4.22. The highest BCUT2D eigenvalue weighted by Crippen LogP contribution is 2.27. The van der Waals surface area contributed by atoms with Crippen LogP contribution < -0.4 is 14.4 Å². The number of nitrogens with one attached hydrogen (secondary N) is 1. The number of halogens is 1. The van der Waals surface area contributed by atoms with Gasteiger partial charge in [0.25, 0.3) is 10.0 Å². The number of aryl methyl sites for hydroxylation is 1. The molecule has 0 fully saturated rings. The number of amides is 2. The fourth-order valence-corrected chi connectivity index (χ4v) is 6.45. The van der Waals surface area contributed by atoms with Gasteiger partial charge in [0.15, 0.2) is 0 Å². The Bertz CT molecular complexity index is 1720. The highest BCUT2D eigenvalue weighted by molar-refractivity contribution is 7.92. The molecule has 10 heteroatoms. The van der Waals surface area contributed by atoms with Gasteiger partial charge in [-0.1, -0.05) is 71.8 Å². The zero-order valence-electron chi connectivity index (χ0n) is 26.7. The lowest BCUT2D eigenvalue weighted by atomic mass is 10.0. The number of benzene rings is 4. The van der Waals surface area contributed by atoms with Gasteiger partial charge in [0.2, 0.25) is 11.8 Å². The average molecular weight is 662 g/mol. The van der Waals surface area contributed by atoms with Crippen molar-refractivity contribution in [2.24, 2.45) is 0 Å². The lowest BCUT2D eigenvalue weighted by Gasteiger charge is -2.35. The summed E-state index contributed by atoms with van der Waals surface area (Å²) in [6.45, 7) is 7.02. The predicted octanol–water partition coefficient (Wildman–Crippen LogP) is 6.41. The van der Waals surface area contributed by atoms with E-state index in [1.165, 1.54) is 24.1 Å². The first-order chi connectivity index (χ1) is 21.8. The summed E-state index contributed by atoms with van der Waals surface area (Å²) in [5.41, 5.74) is 2.26. The number of methoxy groups -OCH3 is 1. The van der Waals surface area contributed by atoms with Gasteiger partial charge in [-0.2, -0.15) is 0 Å². The van der Waals surface area contributed by atoms with Gasteiger partial charge in [-0.15, -0.1) is 0 Å². The first-order valence-electron chi connectivity index (χ1n) is 14.9. The van der Waals surface area contributed by atoms with Crippen LogP contribution in [0.4, 0.5) is 5.69 Å². The highest BCUT2D eigenvalue weighted by atomic mass is 35.5. The molecular weight excluding hydrogens is 622 g/mol. The molecule has 2 amide bonds. The second-order valence-corrected chi connectivity index (χ2v) is 14.4. The zero-order chi connectivity index (χ0) is 33.5. The number of carbonyl (C=O) groups excluding carboxylic acids is 2. The molecule has 0 unspecified atom stereocenters. The highest BCUT2D eigenvalue weighted by Gasteiger charge is 2.35. The van der Waals surface area contributed by atoms with Crippen molar-refractivity contribution in [1.29, 1.82) is 0 Å². The van der Waals surface area contributed by atoms with Gasteiger partial charge in [0.1, 0.15) is 18.3 Å². The van der Waals surface area contributed by atoms with Crippen molar-refractivity contribution in [3.8, 4) is 5.75 Å². The summed E-state index contributed by atoms with van der Waals surface area (Å²) in [7, 11) is -2.72. The fraction of sp³-hybridized carbons (Fsp3) is 0.278. The third-order valence-corrected chi connectivity index (χ3v) is 9.32. The van der Waals surface area contributed by atoms with E-state index in [0.717, 1.165) is 21.0 Å². The number of hydrogen-bond donors (Lipinski definition) is 1. The first kappa shape index (κ1) is 34.5. The van der Waals surface area contributed by atoms with E-state index in [1.807, 2.05) is 58.0 Å². The standard InChI is InChI=1S/C36H40ClN3O5S/c1-26-11-17-30(18-12-26)40(46(43,44)32-21-19-31(45-5)20-22-32)25-34(41)39(24-28-13-15-29(37)16-14-28)33(35(42)38-36(2,3)4)23-27-9-7-6-8-10-27/h6-22,33H,23-25H2,1-5H3,(H,38,42)/t33-/m0/s1. The molecule has 4 rings (SSSR count). The van der Waals surface area contributed by atoms with Crippen LogP contribution in [0.5, 0.6) is 5.75 Å². The van der Waals surface area contributed by atoms with E-state index < -0.39 is 34.1 Å². The molecule has 8 nitrogen and oxygen atoms in total. The van der Waals surface area contributed by atoms with E-state index in [-0.39, 0.29) is 23.8 Å². The van der Waals surface area contributed by atoms with Crippen molar-refractivity contribution in [2.45, 2.75) is 57.1 Å². The smallest absolute Gasteiger partial charge is 0.264 e. The lowest BCUT2D eigenvalue weighted by molar-refractivity contribution is -0.140. The monoisotopic (exact) mass is 661 g/mol. The van der Waals surface area contributed by atoms with Crippen molar-refractivity contribution in [3.05, 3.63) is 125 Å². The van der Waals surface area contributed by atoms with E-state index in [9.17, 15) is 18.0 Å². The molecule has 0 aliphatic carbocycles. The van der Waals surface area contributed by atoms with Crippen LogP contribution in [0.25, 0.3) is 0 Å². The second-order valence-electron chi connectivity index (χ2n) is 12.1. The number of ether oxygens (including phenoxy) is 1. The van der Waals surface area contributed by atoms with Crippen molar-refractivity contribution in [1.82, 2.24) is 10.2 Å². The Morgan fingerprint density at radius 3 is 2.02 bits per heavy atom. The quantitative estimate of drug-likeness (QED) is 0.189. The van der Waals surface area contributed by atoms with Crippen molar-refractivity contribution in [2.75, 3.05) is 18.0 Å². The molecule has 46 heavy (non-hydrogen) atoms. The third-order valence-electron chi connectivity index (χ3n) is 7.28. The molecule has 242 valence electrons. The number of sulfonamides is 1. The van der Waals surface area contributed by atoms with Crippen molar-refractivity contribution >= 4 is 39.1 Å². The predicted molar refractivity (Wildman–Crippen MR) is 183 cm³/mol. The topological polar surface area (TPSA) is 96.0 Å². The maximum Gasteiger partial charge on any atom is 0.264 e. The van der Waals surface area contributed by atoms with Gasteiger partial charge in [-0.3, -0.25) is 13.9 Å². The fourth-order valence-electron chi connectivity index (χ4n) is 4.91.